The first-order valence-corrected chi connectivity index (χ1v) is 15.8. The molecule has 1 rings (SSSR count). The Kier molecular flexibility index (Phi) is 20.0. The zero-order valence-corrected chi connectivity index (χ0v) is 27.9. The molecular formula is C32H53N3O11. The topological polar surface area (TPSA) is 208 Å². The predicted molar refractivity (Wildman–Crippen MR) is 170 cm³/mol. The van der Waals surface area contributed by atoms with Gasteiger partial charge in [0, 0.05) is 30.7 Å². The van der Waals surface area contributed by atoms with Crippen LogP contribution in [-0.4, -0.2) is 82.8 Å². The number of carbonyl (C=O) groups is 4. The fourth-order valence-corrected chi connectivity index (χ4v) is 4.83. The number of benzene rings is 1. The Bertz CT molecular complexity index is 1110. The minimum absolute atomic E-state index is 0.0163. The summed E-state index contributed by atoms with van der Waals surface area (Å²) in [6.45, 7) is 2.01. The molecule has 6 N–H and O–H groups in total. The maximum absolute atomic E-state index is 12.9. The standard InChI is InChI=1S/C32H53N3O11/c1-21-22(15-12-10-8-6-7-9-11-13-20-36)27(46-32(40)35-19-18-24(34)31(39)44-5)29(42-3)28(41-2)26(21)45-25(37)17-14-16-23(33)30(38)43-4/h23-24,36H,6-20,33-34H2,1-5H3,(H,35,40)/t23-,24-/m0/s1. The Labute approximate surface area is 271 Å². The molecule has 0 unspecified atom stereocenters. The number of aliphatic hydroxyl groups excluding tert-OH is 1. The zero-order chi connectivity index (χ0) is 34.5. The minimum atomic E-state index is -0.905. The van der Waals surface area contributed by atoms with Crippen LogP contribution in [-0.2, 0) is 30.3 Å². The molecule has 1 aromatic rings. The Morgan fingerprint density at radius 2 is 1.22 bits per heavy atom. The lowest BCUT2D eigenvalue weighted by Gasteiger charge is -2.22. The first-order chi connectivity index (χ1) is 22.1. The second-order valence-corrected chi connectivity index (χ2v) is 10.9. The summed E-state index contributed by atoms with van der Waals surface area (Å²) in [5.74, 6) is -1.32. The van der Waals surface area contributed by atoms with Crippen molar-refractivity contribution in [3.05, 3.63) is 11.1 Å². The molecule has 0 radical (unpaired) electrons. The number of hydrogen-bond acceptors (Lipinski definition) is 13. The molecule has 46 heavy (non-hydrogen) atoms. The number of nitrogens with one attached hydrogen (secondary N) is 1. The first kappa shape index (κ1) is 40.4. The van der Waals surface area contributed by atoms with Gasteiger partial charge in [-0.3, -0.25) is 14.4 Å². The molecule has 0 spiro atoms. The summed E-state index contributed by atoms with van der Waals surface area (Å²) in [5.41, 5.74) is 12.7. The van der Waals surface area contributed by atoms with Gasteiger partial charge < -0.3 is 50.3 Å². The fourth-order valence-electron chi connectivity index (χ4n) is 4.83. The molecule has 0 saturated carbocycles. The van der Waals surface area contributed by atoms with Crippen molar-refractivity contribution in [2.45, 2.75) is 102 Å². The predicted octanol–water partition coefficient (Wildman–Crippen LogP) is 3.22. The van der Waals surface area contributed by atoms with E-state index in [1.54, 1.807) is 6.92 Å². The van der Waals surface area contributed by atoms with Crippen LogP contribution in [0, 0.1) is 6.92 Å². The smallest absolute Gasteiger partial charge is 0.412 e. The maximum Gasteiger partial charge on any atom is 0.412 e. The summed E-state index contributed by atoms with van der Waals surface area (Å²) >= 11 is 0. The number of aliphatic hydroxyl groups is 1. The normalized spacial score (nSPS) is 12.1. The van der Waals surface area contributed by atoms with E-state index in [9.17, 15) is 19.2 Å². The van der Waals surface area contributed by atoms with E-state index in [1.807, 2.05) is 0 Å². The molecule has 1 amide bonds. The maximum atomic E-state index is 12.9. The molecule has 0 saturated heterocycles. The number of amides is 1. The van der Waals surface area contributed by atoms with Crippen LogP contribution in [0.2, 0.25) is 0 Å². The number of methoxy groups -OCH3 is 4. The SMILES string of the molecule is COC(=O)[C@@H](N)CCCC(=O)Oc1c(C)c(CCCCCCCCCCO)c(OC(=O)NCC[C@H](N)C(=O)OC)c(OC)c1OC. The number of rotatable bonds is 23. The van der Waals surface area contributed by atoms with E-state index >= 15 is 0 Å². The fraction of sp³-hybridized carbons (Fsp3) is 0.688. The second kappa shape index (κ2) is 22.8. The Hall–Kier alpha value is -3.62. The van der Waals surface area contributed by atoms with Gasteiger partial charge in [0.15, 0.2) is 11.5 Å². The van der Waals surface area contributed by atoms with Gasteiger partial charge in [-0.2, -0.15) is 0 Å². The third-order valence-electron chi connectivity index (χ3n) is 7.47. The average Bonchev–Trinajstić information content (AvgIpc) is 3.04. The van der Waals surface area contributed by atoms with Crippen LogP contribution < -0.4 is 35.7 Å². The zero-order valence-electron chi connectivity index (χ0n) is 27.9. The summed E-state index contributed by atoms with van der Waals surface area (Å²) in [4.78, 5) is 48.9. The molecule has 14 heteroatoms. The molecule has 0 aliphatic heterocycles. The molecule has 0 aliphatic rings. The van der Waals surface area contributed by atoms with Crippen molar-refractivity contribution in [1.82, 2.24) is 5.32 Å². The lowest BCUT2D eigenvalue weighted by Crippen LogP contribution is -2.37. The van der Waals surface area contributed by atoms with Gasteiger partial charge in [-0.25, -0.2) is 4.79 Å². The summed E-state index contributed by atoms with van der Waals surface area (Å²) < 4.78 is 32.0. The highest BCUT2D eigenvalue weighted by Crippen LogP contribution is 2.50. The van der Waals surface area contributed by atoms with E-state index in [1.165, 1.54) is 28.4 Å². The number of nitrogens with two attached hydrogens (primary N) is 2. The molecule has 0 fully saturated rings. The van der Waals surface area contributed by atoms with E-state index in [0.29, 0.717) is 24.0 Å². The van der Waals surface area contributed by atoms with E-state index in [-0.39, 0.29) is 55.4 Å². The highest BCUT2D eigenvalue weighted by Gasteiger charge is 2.29. The highest BCUT2D eigenvalue weighted by atomic mass is 16.6. The third kappa shape index (κ3) is 13.8. The van der Waals surface area contributed by atoms with Crippen molar-refractivity contribution in [1.29, 1.82) is 0 Å². The lowest BCUT2D eigenvalue weighted by molar-refractivity contribution is -0.143. The van der Waals surface area contributed by atoms with Crippen molar-refractivity contribution < 1.29 is 52.7 Å². The van der Waals surface area contributed by atoms with Crippen LogP contribution in [0.5, 0.6) is 23.0 Å². The number of unbranched alkanes of at least 4 members (excludes halogenated alkanes) is 7. The van der Waals surface area contributed by atoms with E-state index in [0.717, 1.165) is 51.4 Å². The van der Waals surface area contributed by atoms with Gasteiger partial charge in [-0.1, -0.05) is 38.5 Å². The van der Waals surface area contributed by atoms with E-state index < -0.39 is 36.1 Å². The molecule has 1 aromatic carbocycles. The molecule has 0 aliphatic carbocycles. The van der Waals surface area contributed by atoms with Gasteiger partial charge in [-0.05, 0) is 45.4 Å². The van der Waals surface area contributed by atoms with Crippen molar-refractivity contribution in [3.8, 4) is 23.0 Å². The van der Waals surface area contributed by atoms with Crippen LogP contribution in [0.1, 0.15) is 88.2 Å². The summed E-state index contributed by atoms with van der Waals surface area (Å²) in [7, 11) is 5.24. The Morgan fingerprint density at radius 1 is 0.696 bits per heavy atom. The van der Waals surface area contributed by atoms with Crippen molar-refractivity contribution in [2.24, 2.45) is 11.5 Å². The Morgan fingerprint density at radius 3 is 1.76 bits per heavy atom. The number of esters is 3. The van der Waals surface area contributed by atoms with E-state index in [2.05, 4.69) is 14.8 Å². The molecule has 0 bridgehead atoms. The van der Waals surface area contributed by atoms with Gasteiger partial charge >= 0.3 is 24.0 Å². The van der Waals surface area contributed by atoms with Gasteiger partial charge in [-0.15, -0.1) is 0 Å². The third-order valence-corrected chi connectivity index (χ3v) is 7.47. The van der Waals surface area contributed by atoms with Crippen LogP contribution in [0.4, 0.5) is 4.79 Å². The summed E-state index contributed by atoms with van der Waals surface area (Å²) in [6.07, 6.45) is 8.10. The molecule has 2 atom stereocenters. The van der Waals surface area contributed by atoms with Gasteiger partial charge in [0.25, 0.3) is 0 Å². The largest absolute Gasteiger partial charge is 0.490 e. The number of carbonyl (C=O) groups excluding carboxylic acids is 4. The first-order valence-electron chi connectivity index (χ1n) is 15.8. The van der Waals surface area contributed by atoms with Crippen LogP contribution in [0.15, 0.2) is 0 Å². The highest BCUT2D eigenvalue weighted by molar-refractivity contribution is 5.80. The Balaban J connectivity index is 3.19. The number of hydrogen-bond donors (Lipinski definition) is 4. The van der Waals surface area contributed by atoms with Crippen molar-refractivity contribution in [2.75, 3.05) is 41.6 Å². The van der Waals surface area contributed by atoms with Crippen molar-refractivity contribution in [3.63, 3.8) is 0 Å². The van der Waals surface area contributed by atoms with Crippen molar-refractivity contribution >= 4 is 24.0 Å². The van der Waals surface area contributed by atoms with Gasteiger partial charge in [0.2, 0.25) is 11.5 Å². The molecule has 0 aromatic heterocycles. The van der Waals surface area contributed by atoms with Crippen LogP contribution >= 0.6 is 0 Å². The molecular weight excluding hydrogens is 602 g/mol. The van der Waals surface area contributed by atoms with Gasteiger partial charge in [0.05, 0.1) is 28.4 Å². The monoisotopic (exact) mass is 655 g/mol. The van der Waals surface area contributed by atoms with Crippen LogP contribution in [0.25, 0.3) is 0 Å². The summed E-state index contributed by atoms with van der Waals surface area (Å²) in [5, 5.41) is 11.5. The molecule has 262 valence electrons. The quantitative estimate of drug-likeness (QED) is 0.0759. The number of ether oxygens (including phenoxy) is 6. The average molecular weight is 656 g/mol. The summed E-state index contributed by atoms with van der Waals surface area (Å²) in [6, 6.07) is -1.75. The van der Waals surface area contributed by atoms with Gasteiger partial charge in [0.1, 0.15) is 12.1 Å². The van der Waals surface area contributed by atoms with E-state index in [4.69, 9.17) is 35.5 Å². The molecule has 0 heterocycles. The lowest BCUT2D eigenvalue weighted by atomic mass is 9.97. The second-order valence-electron chi connectivity index (χ2n) is 10.9. The minimum Gasteiger partial charge on any atom is -0.490 e. The van der Waals surface area contributed by atoms with Crippen LogP contribution in [0.3, 0.4) is 0 Å². The molecule has 14 nitrogen and oxygen atoms in total.